The van der Waals surface area contributed by atoms with Crippen molar-refractivity contribution in [1.82, 2.24) is 39.3 Å². The Bertz CT molecular complexity index is 3920. The molecule has 92 heavy (non-hydrogen) atoms. The molecular formula is C68H88BBrN12O8S2. The summed E-state index contributed by atoms with van der Waals surface area (Å²) in [5.74, 6) is 2.95. The highest BCUT2D eigenvalue weighted by Gasteiger charge is 2.50. The normalized spacial score (nSPS) is 23.0. The van der Waals surface area contributed by atoms with Crippen LogP contribution in [0.25, 0.3) is 6.08 Å². The van der Waals surface area contributed by atoms with Crippen molar-refractivity contribution in [2.45, 2.75) is 180 Å². The summed E-state index contributed by atoms with van der Waals surface area (Å²) in [5.41, 5.74) is 1.92. The highest BCUT2D eigenvalue weighted by Crippen LogP contribution is 2.43. The molecule has 0 aliphatic carbocycles. The summed E-state index contributed by atoms with van der Waals surface area (Å²) >= 11 is 3.41. The van der Waals surface area contributed by atoms with Gasteiger partial charge in [-0.2, -0.15) is 16.8 Å². The Morgan fingerprint density at radius 1 is 0.554 bits per heavy atom. The Hall–Kier alpha value is -7.12. The van der Waals surface area contributed by atoms with E-state index in [9.17, 15) is 26.4 Å². The fourth-order valence-corrected chi connectivity index (χ4v) is 14.2. The van der Waals surface area contributed by atoms with E-state index >= 15 is 0 Å². The zero-order valence-electron chi connectivity index (χ0n) is 55.3. The lowest BCUT2D eigenvalue weighted by Gasteiger charge is -2.34. The molecule has 11 rings (SSSR count). The molecular weight excluding hydrogens is 1270 g/mol. The number of halogens is 1. The molecule has 2 amide bonds. The quantitative estimate of drug-likeness (QED) is 0.0945. The number of allylic oxidation sites excluding steroid dienone is 2. The first kappa shape index (κ1) is 69.2. The number of sulfonamides is 2. The molecule has 0 spiro atoms. The van der Waals surface area contributed by atoms with Gasteiger partial charge in [0.2, 0.25) is 0 Å². The van der Waals surface area contributed by atoms with Crippen molar-refractivity contribution in [2.24, 2.45) is 22.7 Å². The summed E-state index contributed by atoms with van der Waals surface area (Å²) in [7, 11) is -8.71. The number of amides is 2. The van der Waals surface area contributed by atoms with Gasteiger partial charge in [0.1, 0.15) is 27.9 Å². The van der Waals surface area contributed by atoms with E-state index in [1.807, 2.05) is 48.4 Å². The third-order valence-corrected chi connectivity index (χ3v) is 20.3. The van der Waals surface area contributed by atoms with E-state index in [0.29, 0.717) is 58.5 Å². The van der Waals surface area contributed by atoms with Crippen molar-refractivity contribution in [1.29, 1.82) is 0 Å². The fraction of sp³-hybridized carbons (Fsp3) is 0.471. The van der Waals surface area contributed by atoms with Crippen molar-refractivity contribution in [3.05, 3.63) is 160 Å². The summed E-state index contributed by atoms with van der Waals surface area (Å²) in [6, 6.07) is 27.3. The average Bonchev–Trinajstić information content (AvgIpc) is 1.55. The fourth-order valence-electron chi connectivity index (χ4n) is 12.0. The molecule has 4 N–H and O–H groups in total. The molecule has 4 atom stereocenters. The van der Waals surface area contributed by atoms with Crippen LogP contribution in [0.15, 0.2) is 142 Å². The van der Waals surface area contributed by atoms with Crippen LogP contribution < -0.4 is 29.9 Å². The van der Waals surface area contributed by atoms with Gasteiger partial charge in [-0.3, -0.25) is 19.6 Å². The summed E-state index contributed by atoms with van der Waals surface area (Å²) in [5, 5.41) is 6.28. The van der Waals surface area contributed by atoms with E-state index in [2.05, 4.69) is 180 Å². The van der Waals surface area contributed by atoms with E-state index in [0.717, 1.165) is 49.9 Å². The predicted molar refractivity (Wildman–Crippen MR) is 366 cm³/mol. The second-order valence-corrected chi connectivity index (χ2v) is 32.9. The van der Waals surface area contributed by atoms with Crippen molar-refractivity contribution in [2.75, 3.05) is 33.5 Å². The second kappa shape index (κ2) is 27.1. The van der Waals surface area contributed by atoms with Gasteiger partial charge in [0.15, 0.2) is 10.1 Å². The molecule has 3 saturated heterocycles. The van der Waals surface area contributed by atoms with Gasteiger partial charge >= 0.3 is 7.12 Å². The number of carbonyl (C=O) groups excluding carboxylic acids is 2. The van der Waals surface area contributed by atoms with E-state index in [1.54, 1.807) is 60.9 Å². The van der Waals surface area contributed by atoms with Crippen LogP contribution in [-0.4, -0.2) is 101 Å². The monoisotopic (exact) mass is 1350 g/mol. The number of aromatic nitrogens is 6. The molecule has 0 radical (unpaired) electrons. The van der Waals surface area contributed by atoms with Crippen LogP contribution in [0.5, 0.6) is 0 Å². The summed E-state index contributed by atoms with van der Waals surface area (Å²) in [6.07, 6.45) is 14.8. The van der Waals surface area contributed by atoms with Crippen LogP contribution in [0.4, 0.5) is 23.3 Å². The Balaban J connectivity index is 0.000000179. The minimum Gasteiger partial charge on any atom is -0.400 e. The van der Waals surface area contributed by atoms with E-state index in [-0.39, 0.29) is 73.5 Å². The molecule has 24 heteroatoms. The molecule has 5 aliphatic rings. The third-order valence-electron chi connectivity index (χ3n) is 17.3. The van der Waals surface area contributed by atoms with E-state index < -0.39 is 31.9 Å². The summed E-state index contributed by atoms with van der Waals surface area (Å²) in [4.78, 5) is 58.4. The number of nitrogens with one attached hydrogen (secondary N) is 4. The van der Waals surface area contributed by atoms with Crippen LogP contribution in [-0.2, 0) is 29.4 Å². The first-order valence-electron chi connectivity index (χ1n) is 31.4. The predicted octanol–water partition coefficient (Wildman–Crippen LogP) is 13.1. The number of hydrogen-bond donors (Lipinski definition) is 4. The number of fused-ring (bicyclic) bond motifs is 12. The van der Waals surface area contributed by atoms with Gasteiger partial charge in [-0.1, -0.05) is 83.9 Å². The Morgan fingerprint density at radius 2 is 1.00 bits per heavy atom. The lowest BCUT2D eigenvalue weighted by atomic mass is 9.84. The SMILES string of the molecule is CC(C)(C)/C=C/B1OC(C)(C)C(C)(C)O1.CC(C)(C)/C=C/c1ccc2c(n1)N1C[C@@H](CC[C@H](c3ccccn3)Nc3cccc(n3)S(=O)(=O)NC2=O)CC1(C)C.CC1(C)C[C@@H]2CC[C@H](c3ccccn3)Nc3cccc(n3)S(=O)(=O)NC(=O)c3ccc(Br)nc3N1C2. The number of rotatable bonds is 4. The van der Waals surface area contributed by atoms with Gasteiger partial charge in [0, 0.05) is 36.6 Å². The number of hydrogen-bond acceptors (Lipinski definition) is 18. The van der Waals surface area contributed by atoms with E-state index in [1.165, 1.54) is 12.1 Å². The number of anilines is 4. The number of pyridine rings is 6. The molecule has 0 unspecified atom stereocenters. The third kappa shape index (κ3) is 17.2. The zero-order valence-corrected chi connectivity index (χ0v) is 58.5. The molecule has 0 saturated carbocycles. The van der Waals surface area contributed by atoms with Crippen LogP contribution in [0.3, 0.4) is 0 Å². The molecule has 20 nitrogen and oxygen atoms in total. The summed E-state index contributed by atoms with van der Waals surface area (Å²) in [6.45, 7) is 31.0. The maximum absolute atomic E-state index is 13.6. The standard InChI is InChI=1S/C31H38N6O3S.C25H27BrN6O3S.C12H23BO2/c1-30(2,3)17-16-22-13-14-23-28(33-22)37-20-21(19-31(37,4)5)12-15-25(24-9-6-7-18-32-24)34-26-10-8-11-27(35-26)41(39,40)36-29(23)38;1-25(2)14-16-9-11-19(18-6-3-4-13-27-18)28-21-7-5-8-22(30-21)36(34,35)31-24(33)17-10-12-20(26)29-23(17)32(25)15-16;1-10(2,3)8-9-13-14-11(4,5)12(6,7)15-13/h6-11,13-14,16-18,21,25H,12,15,19-20H2,1-5H3,(H,34,35)(H,36,38);3-8,10,12-13,16,19H,9,11,14-15H2,1-2H3,(H,28,30)(H,31,33);8-9H,1-7H3/b17-16+;;9-8+/t21-,25+;16-,19+;/m00./s1. The van der Waals surface area contributed by atoms with Crippen LogP contribution in [0, 0.1) is 22.7 Å². The lowest BCUT2D eigenvalue weighted by molar-refractivity contribution is 0.00578. The highest BCUT2D eigenvalue weighted by molar-refractivity contribution is 9.10. The van der Waals surface area contributed by atoms with Crippen molar-refractivity contribution < 1.29 is 35.7 Å². The average molecular weight is 1360 g/mol. The van der Waals surface area contributed by atoms with Crippen LogP contribution in [0.1, 0.15) is 185 Å². The first-order chi connectivity index (χ1) is 43.0. The molecule has 5 aliphatic heterocycles. The van der Waals surface area contributed by atoms with Crippen molar-refractivity contribution >= 4 is 84.3 Å². The lowest BCUT2D eigenvalue weighted by Crippen LogP contribution is -2.41. The molecule has 8 bridgehead atoms. The molecule has 0 aromatic carbocycles. The van der Waals surface area contributed by atoms with Gasteiger partial charge in [-0.25, -0.2) is 29.4 Å². The van der Waals surface area contributed by atoms with Crippen molar-refractivity contribution in [3.63, 3.8) is 0 Å². The van der Waals surface area contributed by atoms with Gasteiger partial charge in [0.05, 0.1) is 51.5 Å². The largest absolute Gasteiger partial charge is 0.486 e. The topological polar surface area (TPSA) is 253 Å². The number of carbonyl (C=O) groups is 2. The minimum atomic E-state index is -4.26. The molecule has 11 heterocycles. The van der Waals surface area contributed by atoms with Gasteiger partial charge < -0.3 is 29.7 Å². The van der Waals surface area contributed by atoms with Crippen molar-refractivity contribution in [3.8, 4) is 0 Å². The smallest absolute Gasteiger partial charge is 0.400 e. The maximum atomic E-state index is 13.6. The molecule has 6 aromatic heterocycles. The Morgan fingerprint density at radius 3 is 1.43 bits per heavy atom. The van der Waals surface area contributed by atoms with Crippen LogP contribution in [0.2, 0.25) is 0 Å². The molecule has 3 fully saturated rings. The minimum absolute atomic E-state index is 0.0457. The zero-order chi connectivity index (χ0) is 66.8. The van der Waals surface area contributed by atoms with E-state index in [4.69, 9.17) is 14.3 Å². The maximum Gasteiger partial charge on any atom is 0.486 e. The summed E-state index contributed by atoms with van der Waals surface area (Å²) < 4.78 is 69.7. The highest BCUT2D eigenvalue weighted by atomic mass is 79.9. The Labute approximate surface area is 552 Å². The molecule has 6 aromatic rings. The Kier molecular flexibility index (Phi) is 20.4. The molecule has 490 valence electrons. The first-order valence-corrected chi connectivity index (χ1v) is 35.1. The number of nitrogens with zero attached hydrogens (tertiary/aromatic N) is 8. The van der Waals surface area contributed by atoms with Gasteiger partial charge in [0.25, 0.3) is 31.9 Å². The van der Waals surface area contributed by atoms with Crippen LogP contribution >= 0.6 is 15.9 Å². The second-order valence-electron chi connectivity index (χ2n) is 28.8. The van der Waals surface area contributed by atoms with Gasteiger partial charge in [-0.15, -0.1) is 0 Å². The van der Waals surface area contributed by atoms with Gasteiger partial charge in [-0.05, 0) is 211 Å².